The fraction of sp³-hybridized carbons (Fsp3) is 0.381. The Hall–Kier alpha value is -1.98. The molecule has 3 rings (SSSR count). The topological polar surface area (TPSA) is 43.8 Å². The average Bonchev–Trinajstić information content (AvgIpc) is 2.79. The number of thioether (sulfide) groups is 1. The van der Waals surface area contributed by atoms with Crippen LogP contribution in [0.25, 0.3) is 0 Å². The minimum Gasteiger partial charge on any atom is -0.392 e. The first-order valence-electron chi connectivity index (χ1n) is 9.08. The number of para-hydroxylation sites is 2. The number of aliphatic hydroxyl groups is 1. The van der Waals surface area contributed by atoms with Gasteiger partial charge in [-0.3, -0.25) is 4.79 Å². The smallest absolute Gasteiger partial charge is 0.246 e. The van der Waals surface area contributed by atoms with Crippen molar-refractivity contribution < 1.29 is 9.90 Å². The lowest BCUT2D eigenvalue weighted by Gasteiger charge is -2.29. The van der Waals surface area contributed by atoms with Crippen LogP contribution in [0.5, 0.6) is 0 Å². The highest BCUT2D eigenvalue weighted by atomic mass is 32.2. The van der Waals surface area contributed by atoms with Crippen LogP contribution >= 0.6 is 11.8 Å². The Morgan fingerprint density at radius 2 is 1.92 bits per heavy atom. The van der Waals surface area contributed by atoms with E-state index >= 15 is 0 Å². The van der Waals surface area contributed by atoms with E-state index in [-0.39, 0.29) is 12.5 Å². The van der Waals surface area contributed by atoms with Crippen LogP contribution in [0, 0.1) is 0 Å². The first kappa shape index (κ1) is 18.8. The molecule has 1 N–H and O–H groups in total. The number of hydrogen-bond donors (Lipinski definition) is 1. The summed E-state index contributed by atoms with van der Waals surface area (Å²) in [5.74, 6) is 0.0663. The van der Waals surface area contributed by atoms with Crippen LogP contribution in [0.15, 0.2) is 59.5 Å². The van der Waals surface area contributed by atoms with Gasteiger partial charge >= 0.3 is 0 Å². The monoisotopic (exact) mass is 370 g/mol. The van der Waals surface area contributed by atoms with Gasteiger partial charge in [-0.2, -0.15) is 0 Å². The van der Waals surface area contributed by atoms with Crippen molar-refractivity contribution in [2.75, 3.05) is 29.4 Å². The highest BCUT2D eigenvalue weighted by Crippen LogP contribution is 2.37. The van der Waals surface area contributed by atoms with E-state index in [4.69, 9.17) is 0 Å². The molecule has 1 aliphatic heterocycles. The third-order valence-corrected chi connectivity index (χ3v) is 5.71. The van der Waals surface area contributed by atoms with Gasteiger partial charge in [-0.1, -0.05) is 37.3 Å². The van der Waals surface area contributed by atoms with Crippen molar-refractivity contribution in [2.45, 2.75) is 36.5 Å². The van der Waals surface area contributed by atoms with Crippen LogP contribution in [0.4, 0.5) is 11.4 Å². The molecular formula is C21H26N2O2S. The third kappa shape index (κ3) is 4.59. The van der Waals surface area contributed by atoms with Gasteiger partial charge in [0, 0.05) is 28.9 Å². The minimum atomic E-state index is -0.505. The maximum absolute atomic E-state index is 13.2. The number of aliphatic hydroxyl groups excluding tert-OH is 1. The van der Waals surface area contributed by atoms with Crippen molar-refractivity contribution in [1.82, 2.24) is 0 Å². The van der Waals surface area contributed by atoms with E-state index in [2.05, 4.69) is 13.0 Å². The zero-order valence-electron chi connectivity index (χ0n) is 15.3. The number of rotatable bonds is 5. The second-order valence-electron chi connectivity index (χ2n) is 6.80. The molecule has 0 aliphatic carbocycles. The first-order chi connectivity index (χ1) is 12.5. The summed E-state index contributed by atoms with van der Waals surface area (Å²) in [6.07, 6.45) is 0.460. The number of fused-ring (bicyclic) bond motifs is 1. The molecule has 4 nitrogen and oxygen atoms in total. The summed E-state index contributed by atoms with van der Waals surface area (Å²) in [5, 5.41) is 10.4. The number of amides is 1. The van der Waals surface area contributed by atoms with Crippen molar-refractivity contribution in [2.24, 2.45) is 0 Å². The van der Waals surface area contributed by atoms with Gasteiger partial charge in [-0.05, 0) is 37.6 Å². The molecule has 2 aromatic rings. The van der Waals surface area contributed by atoms with Crippen molar-refractivity contribution >= 4 is 29.0 Å². The van der Waals surface area contributed by atoms with Gasteiger partial charge in [-0.15, -0.1) is 11.8 Å². The summed E-state index contributed by atoms with van der Waals surface area (Å²) in [6.45, 7) is 5.36. The maximum atomic E-state index is 13.2. The minimum absolute atomic E-state index is 0.0663. The van der Waals surface area contributed by atoms with Crippen molar-refractivity contribution in [3.8, 4) is 0 Å². The molecule has 138 valence electrons. The summed E-state index contributed by atoms with van der Waals surface area (Å²) < 4.78 is 0. The van der Waals surface area contributed by atoms with E-state index in [1.165, 1.54) is 0 Å². The molecule has 26 heavy (non-hydrogen) atoms. The number of anilines is 2. The van der Waals surface area contributed by atoms with Gasteiger partial charge in [0.15, 0.2) is 0 Å². The van der Waals surface area contributed by atoms with Gasteiger partial charge < -0.3 is 14.9 Å². The van der Waals surface area contributed by atoms with E-state index in [9.17, 15) is 9.90 Å². The fourth-order valence-corrected chi connectivity index (χ4v) is 4.33. The molecule has 0 unspecified atom stereocenters. The van der Waals surface area contributed by atoms with Gasteiger partial charge in [0.05, 0.1) is 18.3 Å². The van der Waals surface area contributed by atoms with Gasteiger partial charge in [0.2, 0.25) is 5.91 Å². The quantitative estimate of drug-likeness (QED) is 0.870. The number of carbonyl (C=O) groups is 1. The molecule has 1 aliphatic rings. The Morgan fingerprint density at radius 1 is 1.23 bits per heavy atom. The third-order valence-electron chi connectivity index (χ3n) is 4.48. The van der Waals surface area contributed by atoms with Crippen molar-refractivity contribution in [3.63, 3.8) is 0 Å². The van der Waals surface area contributed by atoms with Crippen LogP contribution in [0.3, 0.4) is 0 Å². The van der Waals surface area contributed by atoms with E-state index in [1.54, 1.807) is 6.92 Å². The van der Waals surface area contributed by atoms with E-state index in [1.807, 2.05) is 70.1 Å². The molecule has 1 amide bonds. The van der Waals surface area contributed by atoms with Crippen molar-refractivity contribution in [3.05, 3.63) is 54.6 Å². The Labute approximate surface area is 159 Å². The molecule has 0 saturated heterocycles. The molecule has 0 bridgehead atoms. The zero-order chi connectivity index (χ0) is 18.5. The van der Waals surface area contributed by atoms with Crippen LogP contribution < -0.4 is 9.80 Å². The molecule has 0 radical (unpaired) electrons. The van der Waals surface area contributed by atoms with E-state index in [0.29, 0.717) is 11.8 Å². The molecular weight excluding hydrogens is 344 g/mol. The van der Waals surface area contributed by atoms with Gasteiger partial charge in [0.25, 0.3) is 0 Å². The Balaban J connectivity index is 1.83. The SMILES string of the molecule is C[C@@H](O)CN(CC(=O)N1CC[C@H](C)Sc2ccccc21)c1ccccc1. The predicted molar refractivity (Wildman–Crippen MR) is 109 cm³/mol. The zero-order valence-corrected chi connectivity index (χ0v) is 16.2. The standard InChI is InChI=1S/C21H26N2O2S/c1-16(24)14-22(18-8-4-3-5-9-18)15-21(25)23-13-12-17(2)26-20-11-7-6-10-19(20)23/h3-11,16-17,24H,12-15H2,1-2H3/t16-,17+/m1/s1. The van der Waals surface area contributed by atoms with E-state index in [0.717, 1.165) is 29.2 Å². The molecule has 5 heteroatoms. The number of benzene rings is 2. The fourth-order valence-electron chi connectivity index (χ4n) is 3.21. The molecule has 2 atom stereocenters. The van der Waals surface area contributed by atoms with Gasteiger partial charge in [0.1, 0.15) is 0 Å². The van der Waals surface area contributed by atoms with Gasteiger partial charge in [-0.25, -0.2) is 0 Å². The highest BCUT2D eigenvalue weighted by molar-refractivity contribution is 8.00. The normalized spacial score (nSPS) is 18.0. The van der Waals surface area contributed by atoms with Crippen LogP contribution in [0.2, 0.25) is 0 Å². The van der Waals surface area contributed by atoms with Crippen molar-refractivity contribution in [1.29, 1.82) is 0 Å². The number of nitrogens with zero attached hydrogens (tertiary/aromatic N) is 2. The predicted octanol–water partition coefficient (Wildman–Crippen LogP) is 3.79. The van der Waals surface area contributed by atoms with E-state index < -0.39 is 6.10 Å². The average molecular weight is 371 g/mol. The number of hydrogen-bond acceptors (Lipinski definition) is 4. The Kier molecular flexibility index (Phi) is 6.22. The molecule has 1 heterocycles. The summed E-state index contributed by atoms with van der Waals surface area (Å²) >= 11 is 1.83. The molecule has 0 saturated carbocycles. The Bertz CT molecular complexity index is 736. The largest absolute Gasteiger partial charge is 0.392 e. The molecule has 0 fully saturated rings. The highest BCUT2D eigenvalue weighted by Gasteiger charge is 2.25. The summed E-state index contributed by atoms with van der Waals surface area (Å²) in [4.78, 5) is 18.2. The second-order valence-corrected chi connectivity index (χ2v) is 8.28. The van der Waals surface area contributed by atoms with Crippen LogP contribution in [-0.4, -0.2) is 42.0 Å². The molecule has 0 spiro atoms. The van der Waals surface area contributed by atoms with Crippen LogP contribution in [-0.2, 0) is 4.79 Å². The molecule has 2 aromatic carbocycles. The first-order valence-corrected chi connectivity index (χ1v) is 9.96. The lowest BCUT2D eigenvalue weighted by Crippen LogP contribution is -2.43. The number of carbonyl (C=O) groups excluding carboxylic acids is 1. The molecule has 0 aromatic heterocycles. The maximum Gasteiger partial charge on any atom is 0.246 e. The van der Waals surface area contributed by atoms with Crippen LogP contribution in [0.1, 0.15) is 20.3 Å². The lowest BCUT2D eigenvalue weighted by atomic mass is 10.2. The summed E-state index contributed by atoms with van der Waals surface area (Å²) in [6, 6.07) is 17.9. The Morgan fingerprint density at radius 3 is 2.65 bits per heavy atom. The summed E-state index contributed by atoms with van der Waals surface area (Å²) in [7, 11) is 0. The summed E-state index contributed by atoms with van der Waals surface area (Å²) in [5.41, 5.74) is 1.95. The second kappa shape index (κ2) is 8.60. The lowest BCUT2D eigenvalue weighted by molar-refractivity contribution is -0.117.